The fourth-order valence-electron chi connectivity index (χ4n) is 4.40. The van der Waals surface area contributed by atoms with Crippen molar-refractivity contribution in [2.24, 2.45) is 5.92 Å². The van der Waals surface area contributed by atoms with Crippen LogP contribution in [0, 0.1) is 5.92 Å². The topological polar surface area (TPSA) is 66.9 Å². The monoisotopic (exact) mass is 454 g/mol. The van der Waals surface area contributed by atoms with Crippen molar-refractivity contribution < 1.29 is 19.1 Å². The molecular weight excluding hydrogens is 428 g/mol. The quantitative estimate of drug-likeness (QED) is 0.652. The molecule has 0 saturated carbocycles. The van der Waals surface area contributed by atoms with Crippen LogP contribution in [0.1, 0.15) is 42.1 Å². The normalized spacial score (nSPS) is 17.4. The molecule has 0 spiro atoms. The Hall–Kier alpha value is -2.86. The van der Waals surface area contributed by atoms with Gasteiger partial charge in [-0.3, -0.25) is 14.4 Å². The summed E-state index contributed by atoms with van der Waals surface area (Å²) in [7, 11) is 0. The van der Waals surface area contributed by atoms with Gasteiger partial charge in [0.15, 0.2) is 6.10 Å². The SMILES string of the molecule is CC(OC(=O)C1CCN(C(=O)c2ccc(Cl)cc2)CC1)C(=O)N1CCCc2ccccc21. The van der Waals surface area contributed by atoms with Gasteiger partial charge in [0.2, 0.25) is 0 Å². The van der Waals surface area contributed by atoms with Gasteiger partial charge in [0, 0.05) is 35.9 Å². The van der Waals surface area contributed by atoms with E-state index in [1.807, 2.05) is 24.3 Å². The van der Waals surface area contributed by atoms with Crippen LogP contribution in [0.5, 0.6) is 0 Å². The molecule has 0 aromatic heterocycles. The number of rotatable bonds is 4. The summed E-state index contributed by atoms with van der Waals surface area (Å²) >= 11 is 5.89. The van der Waals surface area contributed by atoms with Gasteiger partial charge in [-0.2, -0.15) is 0 Å². The van der Waals surface area contributed by atoms with Gasteiger partial charge in [0.1, 0.15) is 0 Å². The molecule has 0 aliphatic carbocycles. The fraction of sp³-hybridized carbons (Fsp3) is 0.400. The second-order valence-electron chi connectivity index (χ2n) is 8.37. The van der Waals surface area contributed by atoms with Crippen molar-refractivity contribution in [3.63, 3.8) is 0 Å². The third kappa shape index (κ3) is 4.80. The molecule has 1 saturated heterocycles. The third-order valence-electron chi connectivity index (χ3n) is 6.22. The van der Waals surface area contributed by atoms with E-state index >= 15 is 0 Å². The minimum absolute atomic E-state index is 0.0687. The molecule has 4 rings (SSSR count). The van der Waals surface area contributed by atoms with Crippen molar-refractivity contribution in [1.29, 1.82) is 0 Å². The molecule has 2 aromatic rings. The molecule has 32 heavy (non-hydrogen) atoms. The molecular formula is C25H27ClN2O4. The number of para-hydroxylation sites is 1. The number of likely N-dealkylation sites (tertiary alicyclic amines) is 1. The van der Waals surface area contributed by atoms with Gasteiger partial charge in [0.05, 0.1) is 5.92 Å². The molecule has 7 heteroatoms. The second kappa shape index (κ2) is 9.74. The van der Waals surface area contributed by atoms with Gasteiger partial charge >= 0.3 is 5.97 Å². The number of carbonyl (C=O) groups excluding carboxylic acids is 3. The maximum Gasteiger partial charge on any atom is 0.309 e. The van der Waals surface area contributed by atoms with E-state index in [1.54, 1.807) is 41.0 Å². The van der Waals surface area contributed by atoms with E-state index in [9.17, 15) is 14.4 Å². The fourth-order valence-corrected chi connectivity index (χ4v) is 4.52. The van der Waals surface area contributed by atoms with E-state index in [0.717, 1.165) is 24.1 Å². The number of fused-ring (bicyclic) bond motifs is 1. The standard InChI is InChI=1S/C25H27ClN2O4/c1-17(23(29)28-14-4-6-18-5-2-3-7-22(18)28)32-25(31)20-12-15-27(16-13-20)24(30)19-8-10-21(26)11-9-19/h2-3,5,7-11,17,20H,4,6,12-16H2,1H3. The smallest absolute Gasteiger partial charge is 0.309 e. The average molecular weight is 455 g/mol. The number of piperidine rings is 1. The van der Waals surface area contributed by atoms with E-state index in [2.05, 4.69) is 0 Å². The maximum atomic E-state index is 13.0. The minimum Gasteiger partial charge on any atom is -0.452 e. The van der Waals surface area contributed by atoms with Crippen LogP contribution < -0.4 is 4.90 Å². The van der Waals surface area contributed by atoms with Crippen LogP contribution in [-0.2, 0) is 20.7 Å². The number of benzene rings is 2. The third-order valence-corrected chi connectivity index (χ3v) is 6.48. The predicted octanol–water partition coefficient (Wildman–Crippen LogP) is 4.10. The van der Waals surface area contributed by atoms with E-state index in [-0.39, 0.29) is 23.7 Å². The molecule has 168 valence electrons. The second-order valence-corrected chi connectivity index (χ2v) is 8.81. The Morgan fingerprint density at radius 2 is 1.69 bits per heavy atom. The van der Waals surface area contributed by atoms with Crippen molar-refractivity contribution in [2.75, 3.05) is 24.5 Å². The number of ether oxygens (including phenoxy) is 1. The average Bonchev–Trinajstić information content (AvgIpc) is 2.83. The molecule has 0 radical (unpaired) electrons. The van der Waals surface area contributed by atoms with Gasteiger partial charge < -0.3 is 14.5 Å². The highest BCUT2D eigenvalue weighted by atomic mass is 35.5. The lowest BCUT2D eigenvalue weighted by atomic mass is 9.96. The number of hydrogen-bond acceptors (Lipinski definition) is 4. The Balaban J connectivity index is 1.31. The zero-order valence-electron chi connectivity index (χ0n) is 18.1. The Morgan fingerprint density at radius 1 is 1.00 bits per heavy atom. The molecule has 2 amide bonds. The Kier molecular flexibility index (Phi) is 6.80. The van der Waals surface area contributed by atoms with Crippen LogP contribution in [-0.4, -0.2) is 48.4 Å². The summed E-state index contributed by atoms with van der Waals surface area (Å²) in [4.78, 5) is 41.8. The van der Waals surface area contributed by atoms with Crippen LogP contribution in [0.25, 0.3) is 0 Å². The van der Waals surface area contributed by atoms with Gasteiger partial charge in [-0.1, -0.05) is 29.8 Å². The minimum atomic E-state index is -0.845. The molecule has 2 aliphatic heterocycles. The Bertz CT molecular complexity index is 999. The zero-order chi connectivity index (χ0) is 22.7. The van der Waals surface area contributed by atoms with Crippen molar-refractivity contribution in [1.82, 2.24) is 4.90 Å². The first-order valence-corrected chi connectivity index (χ1v) is 11.5. The molecule has 1 unspecified atom stereocenters. The number of halogens is 1. The largest absolute Gasteiger partial charge is 0.452 e. The number of amides is 2. The number of nitrogens with zero attached hydrogens (tertiary/aromatic N) is 2. The first kappa shape index (κ1) is 22.3. The Morgan fingerprint density at radius 3 is 2.41 bits per heavy atom. The van der Waals surface area contributed by atoms with Crippen LogP contribution in [0.15, 0.2) is 48.5 Å². The lowest BCUT2D eigenvalue weighted by Gasteiger charge is -2.33. The van der Waals surface area contributed by atoms with Gasteiger partial charge in [-0.15, -0.1) is 0 Å². The van der Waals surface area contributed by atoms with Crippen molar-refractivity contribution in [3.05, 3.63) is 64.7 Å². The molecule has 1 atom stereocenters. The molecule has 2 aromatic carbocycles. The molecule has 2 heterocycles. The highest BCUT2D eigenvalue weighted by Crippen LogP contribution is 2.28. The maximum absolute atomic E-state index is 13.0. The lowest BCUT2D eigenvalue weighted by molar-refractivity contribution is -0.159. The highest BCUT2D eigenvalue weighted by Gasteiger charge is 2.33. The van der Waals surface area contributed by atoms with Crippen molar-refractivity contribution >= 4 is 35.1 Å². The van der Waals surface area contributed by atoms with Gasteiger partial charge in [-0.25, -0.2) is 0 Å². The summed E-state index contributed by atoms with van der Waals surface area (Å²) in [6.45, 7) is 3.21. The predicted molar refractivity (Wildman–Crippen MR) is 123 cm³/mol. The molecule has 2 aliphatic rings. The number of hydrogen-bond donors (Lipinski definition) is 0. The van der Waals surface area contributed by atoms with E-state index in [1.165, 1.54) is 0 Å². The first-order chi connectivity index (χ1) is 15.4. The van der Waals surface area contributed by atoms with Crippen LogP contribution in [0.3, 0.4) is 0 Å². The van der Waals surface area contributed by atoms with Crippen molar-refractivity contribution in [2.45, 2.75) is 38.7 Å². The number of anilines is 1. The summed E-state index contributed by atoms with van der Waals surface area (Å²) in [6.07, 6.45) is 2.03. The number of esters is 1. The van der Waals surface area contributed by atoms with Crippen LogP contribution >= 0.6 is 11.6 Å². The van der Waals surface area contributed by atoms with Gasteiger partial charge in [0.25, 0.3) is 11.8 Å². The van der Waals surface area contributed by atoms with Crippen LogP contribution in [0.2, 0.25) is 5.02 Å². The van der Waals surface area contributed by atoms with E-state index in [0.29, 0.717) is 43.1 Å². The summed E-state index contributed by atoms with van der Waals surface area (Å²) in [5.74, 6) is -0.940. The molecule has 0 N–H and O–H groups in total. The van der Waals surface area contributed by atoms with Crippen LogP contribution in [0.4, 0.5) is 5.69 Å². The van der Waals surface area contributed by atoms with Crippen molar-refractivity contribution in [3.8, 4) is 0 Å². The highest BCUT2D eigenvalue weighted by molar-refractivity contribution is 6.30. The first-order valence-electron chi connectivity index (χ1n) is 11.1. The number of aryl methyl sites for hydroxylation is 1. The summed E-state index contributed by atoms with van der Waals surface area (Å²) in [6, 6.07) is 14.7. The zero-order valence-corrected chi connectivity index (χ0v) is 18.9. The molecule has 6 nitrogen and oxygen atoms in total. The lowest BCUT2D eigenvalue weighted by Crippen LogP contribution is -2.45. The molecule has 0 bridgehead atoms. The summed E-state index contributed by atoms with van der Waals surface area (Å²) in [5, 5.41) is 0.583. The van der Waals surface area contributed by atoms with Gasteiger partial charge in [-0.05, 0) is 68.5 Å². The number of carbonyl (C=O) groups is 3. The summed E-state index contributed by atoms with van der Waals surface area (Å²) < 4.78 is 5.57. The molecule has 1 fully saturated rings. The van der Waals surface area contributed by atoms with E-state index in [4.69, 9.17) is 16.3 Å². The Labute approximate surface area is 193 Å². The van der Waals surface area contributed by atoms with E-state index < -0.39 is 6.10 Å². The summed E-state index contributed by atoms with van der Waals surface area (Å²) in [5.41, 5.74) is 2.63.